The highest BCUT2D eigenvalue weighted by Gasteiger charge is 2.37. The predicted octanol–water partition coefficient (Wildman–Crippen LogP) is 3.75. The first-order valence-electron chi connectivity index (χ1n) is 11.5. The molecule has 1 aromatic carbocycles. The lowest BCUT2D eigenvalue weighted by Crippen LogP contribution is -2.56. The number of halogens is 1. The first-order valence-corrected chi connectivity index (χ1v) is 11.9. The summed E-state index contributed by atoms with van der Waals surface area (Å²) in [4.78, 5) is 37.4. The average Bonchev–Trinajstić information content (AvgIpc) is 2.78. The van der Waals surface area contributed by atoms with Crippen LogP contribution >= 0.6 is 11.6 Å². The van der Waals surface area contributed by atoms with Crippen molar-refractivity contribution in [2.75, 3.05) is 0 Å². The van der Waals surface area contributed by atoms with E-state index in [-0.39, 0.29) is 18.3 Å². The number of carbonyl (C=O) groups is 3. The van der Waals surface area contributed by atoms with Crippen LogP contribution in [0.3, 0.4) is 0 Å². The Balaban J connectivity index is 1.60. The molecule has 0 spiro atoms. The average molecular weight is 465 g/mol. The minimum absolute atomic E-state index is 0.00414. The van der Waals surface area contributed by atoms with Crippen LogP contribution in [0.1, 0.15) is 63.9 Å². The summed E-state index contributed by atoms with van der Waals surface area (Å²) in [6.45, 7) is 1.72. The van der Waals surface area contributed by atoms with Crippen molar-refractivity contribution in [3.05, 3.63) is 34.9 Å². The molecule has 7 nitrogen and oxygen atoms in total. The van der Waals surface area contributed by atoms with Gasteiger partial charge in [0.25, 0.3) is 0 Å². The van der Waals surface area contributed by atoms with Gasteiger partial charge in [-0.2, -0.15) is 0 Å². The summed E-state index contributed by atoms with van der Waals surface area (Å²) in [5.74, 6) is -0.503. The lowest BCUT2D eigenvalue weighted by atomic mass is 9.82. The second kappa shape index (κ2) is 11.7. The summed E-state index contributed by atoms with van der Waals surface area (Å²) >= 11 is 5.97. The number of hydrogen-bond donors (Lipinski definition) is 3. The fraction of sp³-hybridized carbons (Fsp3) is 0.625. The van der Waals surface area contributed by atoms with Gasteiger partial charge in [0.05, 0.1) is 12.1 Å². The third kappa shape index (κ3) is 6.94. The van der Waals surface area contributed by atoms with E-state index in [0.717, 1.165) is 31.2 Å². The Bertz CT molecular complexity index is 811. The monoisotopic (exact) mass is 464 g/mol. The number of amides is 2. The Morgan fingerprint density at radius 1 is 1.22 bits per heavy atom. The van der Waals surface area contributed by atoms with Crippen LogP contribution < -0.4 is 10.6 Å². The number of aliphatic hydroxyl groups excluding tert-OH is 1. The first kappa shape index (κ1) is 24.5. The largest absolute Gasteiger partial charge is 0.445 e. The van der Waals surface area contributed by atoms with Crippen LogP contribution in [0.5, 0.6) is 0 Å². The van der Waals surface area contributed by atoms with Crippen molar-refractivity contribution >= 4 is 29.4 Å². The standard InChI is InChI=1S/C24H33ClN2O5/c1-15-21(28)11-10-19(22(15)29)26-23(30)20(13-16-6-3-2-4-7-16)27-24(31)32-14-17-8-5-9-18(25)12-17/h5,8-9,12,15-16,19-20,22,29H,2-4,6-7,10-11,13-14H2,1H3,(H,26,30)(H,27,31)/t15?,19?,20-,22?/m0/s1. The van der Waals surface area contributed by atoms with Crippen LogP contribution in [-0.4, -0.2) is 41.1 Å². The molecule has 32 heavy (non-hydrogen) atoms. The van der Waals surface area contributed by atoms with Gasteiger partial charge in [-0.25, -0.2) is 4.79 Å². The van der Waals surface area contributed by atoms with Gasteiger partial charge in [0.2, 0.25) is 5.91 Å². The fourth-order valence-corrected chi connectivity index (χ4v) is 4.84. The van der Waals surface area contributed by atoms with Crippen molar-refractivity contribution in [2.45, 2.75) is 83.1 Å². The van der Waals surface area contributed by atoms with Crippen LogP contribution in [0.2, 0.25) is 5.02 Å². The number of hydrogen-bond acceptors (Lipinski definition) is 5. The van der Waals surface area contributed by atoms with E-state index in [4.69, 9.17) is 16.3 Å². The molecule has 2 aliphatic carbocycles. The molecule has 2 amide bonds. The molecule has 0 radical (unpaired) electrons. The van der Waals surface area contributed by atoms with Gasteiger partial charge in [-0.05, 0) is 36.5 Å². The van der Waals surface area contributed by atoms with Crippen LogP contribution in [0.4, 0.5) is 4.79 Å². The van der Waals surface area contributed by atoms with Gasteiger partial charge >= 0.3 is 6.09 Å². The molecule has 4 atom stereocenters. The number of ether oxygens (including phenoxy) is 1. The minimum Gasteiger partial charge on any atom is -0.445 e. The van der Waals surface area contributed by atoms with E-state index in [2.05, 4.69) is 10.6 Å². The van der Waals surface area contributed by atoms with E-state index < -0.39 is 30.2 Å². The number of alkyl carbamates (subject to hydrolysis) is 1. The predicted molar refractivity (Wildman–Crippen MR) is 121 cm³/mol. The van der Waals surface area contributed by atoms with Gasteiger partial charge in [-0.1, -0.05) is 62.8 Å². The number of ketones is 1. The smallest absolute Gasteiger partial charge is 0.408 e. The molecule has 2 aliphatic rings. The Morgan fingerprint density at radius 3 is 2.69 bits per heavy atom. The molecule has 0 aromatic heterocycles. The molecule has 2 saturated carbocycles. The summed E-state index contributed by atoms with van der Waals surface area (Å²) in [6.07, 6.45) is 5.15. The number of benzene rings is 1. The summed E-state index contributed by atoms with van der Waals surface area (Å²) in [7, 11) is 0. The van der Waals surface area contributed by atoms with Crippen molar-refractivity contribution in [1.82, 2.24) is 10.6 Å². The SMILES string of the molecule is CC1C(=O)CCC(NC(=O)[C@H](CC2CCCCC2)NC(=O)OCc2cccc(Cl)c2)C1O. The third-order valence-corrected chi connectivity index (χ3v) is 6.86. The molecule has 0 bridgehead atoms. The summed E-state index contributed by atoms with van der Waals surface area (Å²) in [5, 5.41) is 16.6. The molecule has 2 fully saturated rings. The molecule has 0 aliphatic heterocycles. The molecule has 176 valence electrons. The van der Waals surface area contributed by atoms with Gasteiger partial charge in [0, 0.05) is 17.4 Å². The lowest BCUT2D eigenvalue weighted by molar-refractivity contribution is -0.133. The number of carbonyl (C=O) groups excluding carboxylic acids is 3. The molecule has 3 rings (SSSR count). The van der Waals surface area contributed by atoms with Crippen molar-refractivity contribution in [1.29, 1.82) is 0 Å². The molecule has 1 aromatic rings. The lowest BCUT2D eigenvalue weighted by Gasteiger charge is -2.34. The number of nitrogens with one attached hydrogen (secondary N) is 2. The van der Waals surface area contributed by atoms with Crippen molar-refractivity contribution in [3.63, 3.8) is 0 Å². The van der Waals surface area contributed by atoms with Crippen LogP contribution in [0.15, 0.2) is 24.3 Å². The van der Waals surface area contributed by atoms with Gasteiger partial charge in [-0.3, -0.25) is 9.59 Å². The highest BCUT2D eigenvalue weighted by molar-refractivity contribution is 6.30. The number of aliphatic hydroxyl groups is 1. The van der Waals surface area contributed by atoms with Crippen molar-refractivity contribution in [3.8, 4) is 0 Å². The van der Waals surface area contributed by atoms with Crippen molar-refractivity contribution in [2.24, 2.45) is 11.8 Å². The Labute approximate surface area is 194 Å². The van der Waals surface area contributed by atoms with Crippen LogP contribution in [0, 0.1) is 11.8 Å². The Kier molecular flexibility index (Phi) is 8.93. The van der Waals surface area contributed by atoms with Crippen LogP contribution in [0.25, 0.3) is 0 Å². The summed E-state index contributed by atoms with van der Waals surface area (Å²) in [6, 6.07) is 5.77. The van der Waals surface area contributed by atoms with Gasteiger partial charge in [0.1, 0.15) is 18.4 Å². The van der Waals surface area contributed by atoms with Gasteiger partial charge in [0.15, 0.2) is 0 Å². The maximum atomic E-state index is 13.1. The van der Waals surface area contributed by atoms with Gasteiger partial charge in [-0.15, -0.1) is 0 Å². The first-order chi connectivity index (χ1) is 15.3. The summed E-state index contributed by atoms with van der Waals surface area (Å²) < 4.78 is 5.31. The number of Topliss-reactive ketones (excluding diaryl/α,β-unsaturated/α-hetero) is 1. The maximum absolute atomic E-state index is 13.1. The second-order valence-electron chi connectivity index (χ2n) is 9.04. The van der Waals surface area contributed by atoms with Crippen molar-refractivity contribution < 1.29 is 24.2 Å². The molecular weight excluding hydrogens is 432 g/mol. The highest BCUT2D eigenvalue weighted by Crippen LogP contribution is 2.28. The fourth-order valence-electron chi connectivity index (χ4n) is 4.62. The van der Waals surface area contributed by atoms with E-state index in [1.165, 1.54) is 6.42 Å². The summed E-state index contributed by atoms with van der Waals surface area (Å²) in [5.41, 5.74) is 0.755. The molecule has 0 saturated heterocycles. The molecular formula is C24H33ClN2O5. The number of rotatable bonds is 7. The third-order valence-electron chi connectivity index (χ3n) is 6.62. The zero-order valence-electron chi connectivity index (χ0n) is 18.5. The van der Waals surface area contributed by atoms with E-state index in [1.807, 2.05) is 0 Å². The molecule has 3 unspecified atom stereocenters. The topological polar surface area (TPSA) is 105 Å². The molecule has 8 heteroatoms. The zero-order chi connectivity index (χ0) is 23.1. The zero-order valence-corrected chi connectivity index (χ0v) is 19.3. The maximum Gasteiger partial charge on any atom is 0.408 e. The van der Waals surface area contributed by atoms with E-state index >= 15 is 0 Å². The molecule has 3 N–H and O–H groups in total. The second-order valence-corrected chi connectivity index (χ2v) is 9.48. The van der Waals surface area contributed by atoms with E-state index in [9.17, 15) is 19.5 Å². The Morgan fingerprint density at radius 2 is 1.97 bits per heavy atom. The normalized spacial score (nSPS) is 25.1. The van der Waals surface area contributed by atoms with Crippen LogP contribution in [-0.2, 0) is 20.9 Å². The minimum atomic E-state index is -0.926. The molecule has 0 heterocycles. The Hall–Kier alpha value is -2.12. The quantitative estimate of drug-likeness (QED) is 0.570. The van der Waals surface area contributed by atoms with E-state index in [0.29, 0.717) is 30.2 Å². The highest BCUT2D eigenvalue weighted by atomic mass is 35.5. The van der Waals surface area contributed by atoms with Gasteiger partial charge < -0.3 is 20.5 Å². The van der Waals surface area contributed by atoms with E-state index in [1.54, 1.807) is 31.2 Å².